The summed E-state index contributed by atoms with van der Waals surface area (Å²) in [5.74, 6) is -0.321. The number of hydrogen-bond acceptors (Lipinski definition) is 19. The summed E-state index contributed by atoms with van der Waals surface area (Å²) in [6.45, 7) is 12.1. The highest BCUT2D eigenvalue weighted by Crippen LogP contribution is 2.48. The highest BCUT2D eigenvalue weighted by Gasteiger charge is 2.34. The van der Waals surface area contributed by atoms with Gasteiger partial charge in [-0.05, 0) is 144 Å². The van der Waals surface area contributed by atoms with Gasteiger partial charge in [0.2, 0.25) is 15.9 Å². The van der Waals surface area contributed by atoms with Crippen molar-refractivity contribution in [2.75, 3.05) is 120 Å². The lowest BCUT2D eigenvalue weighted by atomic mass is 9.93. The van der Waals surface area contributed by atoms with Crippen LogP contribution in [0.15, 0.2) is 96.2 Å². The minimum atomic E-state index is -3.57. The number of hydrogen-bond donors (Lipinski definition) is 7. The van der Waals surface area contributed by atoms with Crippen molar-refractivity contribution in [1.82, 2.24) is 31.0 Å². The Morgan fingerprint density at radius 2 is 0.990 bits per heavy atom. The monoisotopic (exact) mass is 1440 g/mol. The number of amides is 4. The first-order chi connectivity index (χ1) is 49.5. The average Bonchev–Trinajstić information content (AvgIpc) is 1.60. The number of aliphatic hydroxyl groups is 2. The molecule has 2 atom stereocenters. The SMILES string of the molecule is CCCCOCCCC(=O)c1ccc2c(c1)C(COC(=O)NC)c1cc(C(=O)CCCOCCCCO)ccc1-2.CCCCOCCNC(=O)CCCc1ccc2c(c1)C(COC(=O)NC)c1cccc(C(=O)CCCOCCCCO)c1-2.CCNS(=O)(=O)c1cnccc1CCOC(=O)NC. The summed E-state index contributed by atoms with van der Waals surface area (Å²) in [5, 5.41) is 27.9. The summed E-state index contributed by atoms with van der Waals surface area (Å²) in [6, 6.07) is 25.0. The average molecular weight is 1440 g/mol. The van der Waals surface area contributed by atoms with Gasteiger partial charge in [-0.1, -0.05) is 94.3 Å². The van der Waals surface area contributed by atoms with Gasteiger partial charge in [-0.15, -0.1) is 0 Å². The highest BCUT2D eigenvalue weighted by molar-refractivity contribution is 7.89. The number of aryl methyl sites for hydroxylation is 1. The van der Waals surface area contributed by atoms with E-state index >= 15 is 0 Å². The number of rotatable bonds is 46. The van der Waals surface area contributed by atoms with Gasteiger partial charge in [0, 0.05) is 167 Å². The van der Waals surface area contributed by atoms with E-state index in [1.54, 1.807) is 13.0 Å². The Morgan fingerprint density at radius 3 is 1.53 bits per heavy atom. The number of nitrogens with one attached hydrogen (secondary N) is 5. The van der Waals surface area contributed by atoms with Crippen LogP contribution in [0.2, 0.25) is 0 Å². The van der Waals surface area contributed by atoms with Crippen molar-refractivity contribution in [2.45, 2.75) is 153 Å². The van der Waals surface area contributed by atoms with Crippen LogP contribution in [0.4, 0.5) is 14.4 Å². The zero-order valence-electron chi connectivity index (χ0n) is 60.4. The van der Waals surface area contributed by atoms with Crippen LogP contribution in [-0.4, -0.2) is 185 Å². The number of unbranched alkanes of at least 4 members (excludes halogenated alkanes) is 4. The number of carbonyl (C=O) groups is 7. The number of ketones is 3. The van der Waals surface area contributed by atoms with Crippen molar-refractivity contribution in [2.24, 2.45) is 0 Å². The van der Waals surface area contributed by atoms with E-state index in [2.05, 4.69) is 63.0 Å². The van der Waals surface area contributed by atoms with Gasteiger partial charge in [-0.25, -0.2) is 27.5 Å². The molecular weight excluding hydrogens is 1330 g/mol. The van der Waals surface area contributed by atoms with Crippen LogP contribution < -0.4 is 26.0 Å². The van der Waals surface area contributed by atoms with E-state index in [0.717, 1.165) is 108 Å². The number of ether oxygens (including phenoxy) is 7. The fourth-order valence-corrected chi connectivity index (χ4v) is 12.8. The molecule has 2 aliphatic rings. The van der Waals surface area contributed by atoms with Crippen molar-refractivity contribution in [3.63, 3.8) is 0 Å². The van der Waals surface area contributed by atoms with E-state index in [4.69, 9.17) is 43.4 Å². The summed E-state index contributed by atoms with van der Waals surface area (Å²) >= 11 is 0. The van der Waals surface area contributed by atoms with Gasteiger partial charge in [0.25, 0.3) is 0 Å². The number of benzene rings is 4. The molecule has 560 valence electrons. The topological polar surface area (TPSA) is 332 Å². The van der Waals surface area contributed by atoms with E-state index in [0.29, 0.717) is 146 Å². The molecule has 0 saturated carbocycles. The largest absolute Gasteiger partial charge is 0.449 e. The van der Waals surface area contributed by atoms with Gasteiger partial charge in [0.1, 0.15) is 18.1 Å². The standard InChI is InChI=1S/C34H48N2O7.C32H43NO7.C11H17N3O4S/c1-3-4-19-42-22-17-36-32(39)14-7-10-25-15-16-27-29(23-25)30(24-43-34(40)35-2)26-11-8-12-28(33(26)27)31(38)13-9-21-41-20-6-5-18-37;1-3-4-16-38-18-7-9-30(35)23-11-13-25-26-14-12-24(31(36)10-8-19-39-17-6-5-15-34)21-28(26)29(27(25)20-23)22-40-32(37)33-2;1-3-14-19(16,17)10-8-13-6-4-9(10)5-7-18-11(15)12-2/h8,11-12,15-16,23,30,37H,3-7,9-10,13-14,17-22,24H2,1-2H3,(H,35,40)(H,36,39);11-14,20-21,29,34H,3-10,15-19,22H2,1-2H3,(H,33,37);4,6,8,14H,3,5,7H2,1-2H3,(H,12,15). The molecule has 7 N–H and O–H groups in total. The molecule has 0 aliphatic heterocycles. The van der Waals surface area contributed by atoms with Crippen LogP contribution in [0.3, 0.4) is 0 Å². The molecule has 0 fully saturated rings. The number of aromatic nitrogens is 1. The van der Waals surface area contributed by atoms with Gasteiger partial charge in [0.15, 0.2) is 17.3 Å². The molecule has 4 aromatic carbocycles. The number of fused-ring (bicyclic) bond motifs is 6. The van der Waals surface area contributed by atoms with Crippen LogP contribution in [0.5, 0.6) is 0 Å². The maximum atomic E-state index is 13.4. The van der Waals surface area contributed by atoms with Crippen molar-refractivity contribution in [1.29, 1.82) is 0 Å². The van der Waals surface area contributed by atoms with Crippen LogP contribution in [0.25, 0.3) is 22.3 Å². The summed E-state index contributed by atoms with van der Waals surface area (Å²) in [7, 11) is 0.925. The zero-order chi connectivity index (χ0) is 73.9. The second-order valence-electron chi connectivity index (χ2n) is 24.5. The molecule has 0 radical (unpaired) electrons. The summed E-state index contributed by atoms with van der Waals surface area (Å²) in [4.78, 5) is 90.2. The zero-order valence-corrected chi connectivity index (χ0v) is 61.2. The summed E-state index contributed by atoms with van der Waals surface area (Å²) in [5.41, 5.74) is 11.2. The molecule has 1 aromatic heterocycles. The molecule has 4 amide bonds. The van der Waals surface area contributed by atoms with E-state index in [1.807, 2.05) is 54.6 Å². The maximum Gasteiger partial charge on any atom is 0.406 e. The summed E-state index contributed by atoms with van der Waals surface area (Å²) in [6.07, 6.45) is 13.7. The normalized spacial score (nSPS) is 13.0. The molecule has 25 heteroatoms. The molecule has 0 saturated heterocycles. The smallest absolute Gasteiger partial charge is 0.406 e. The third-order valence-electron chi connectivity index (χ3n) is 17.0. The van der Waals surface area contributed by atoms with Gasteiger partial charge in [-0.2, -0.15) is 0 Å². The quantitative estimate of drug-likeness (QED) is 0.0108. The van der Waals surface area contributed by atoms with E-state index in [1.165, 1.54) is 33.5 Å². The molecule has 2 aliphatic carbocycles. The fourth-order valence-electron chi connectivity index (χ4n) is 11.6. The molecule has 102 heavy (non-hydrogen) atoms. The maximum absolute atomic E-state index is 13.4. The predicted octanol–water partition coefficient (Wildman–Crippen LogP) is 11.1. The van der Waals surface area contributed by atoms with Crippen LogP contribution in [0.1, 0.15) is 200 Å². The number of alkyl carbamates (subject to hydrolysis) is 3. The van der Waals surface area contributed by atoms with Crippen molar-refractivity contribution < 1.29 is 85.4 Å². The third-order valence-corrected chi connectivity index (χ3v) is 18.6. The minimum absolute atomic E-state index is 0.0169. The van der Waals surface area contributed by atoms with Gasteiger partial charge in [0.05, 0.1) is 13.2 Å². The first-order valence-electron chi connectivity index (χ1n) is 35.9. The Balaban J connectivity index is 0.000000295. The molecule has 24 nitrogen and oxygen atoms in total. The first kappa shape index (κ1) is 84.6. The lowest BCUT2D eigenvalue weighted by molar-refractivity contribution is -0.121. The molecule has 0 bridgehead atoms. The Morgan fingerprint density at radius 1 is 0.490 bits per heavy atom. The lowest BCUT2D eigenvalue weighted by Gasteiger charge is -2.15. The predicted molar refractivity (Wildman–Crippen MR) is 390 cm³/mol. The van der Waals surface area contributed by atoms with E-state index < -0.39 is 28.3 Å². The van der Waals surface area contributed by atoms with Crippen LogP contribution >= 0.6 is 0 Å². The highest BCUT2D eigenvalue weighted by atomic mass is 32.2. The number of sulfonamides is 1. The van der Waals surface area contributed by atoms with E-state index in [9.17, 15) is 42.0 Å². The number of carbonyl (C=O) groups excluding carboxylic acids is 7. The number of aliphatic hydroxyl groups excluding tert-OH is 2. The number of pyridine rings is 1. The Bertz CT molecular complexity index is 3550. The van der Waals surface area contributed by atoms with Gasteiger partial charge >= 0.3 is 18.3 Å². The number of nitrogens with zero attached hydrogens (tertiary/aromatic N) is 1. The van der Waals surface area contributed by atoms with Gasteiger partial charge < -0.3 is 64.6 Å². The lowest BCUT2D eigenvalue weighted by Crippen LogP contribution is -2.27. The van der Waals surface area contributed by atoms with Crippen molar-refractivity contribution in [3.05, 3.63) is 141 Å². The first-order valence-corrected chi connectivity index (χ1v) is 37.4. The van der Waals surface area contributed by atoms with Crippen LogP contribution in [0, 0.1) is 0 Å². The Labute approximate surface area is 601 Å². The van der Waals surface area contributed by atoms with E-state index in [-0.39, 0.29) is 73.0 Å². The second kappa shape index (κ2) is 48.0. The fraction of sp³-hybridized carbons (Fsp3) is 0.532. The molecular formula is C77H108N6O18S. The third kappa shape index (κ3) is 28.3. The second-order valence-corrected chi connectivity index (χ2v) is 26.3. The summed E-state index contributed by atoms with van der Waals surface area (Å²) < 4.78 is 64.3. The Kier molecular flexibility index (Phi) is 39.9. The van der Waals surface area contributed by atoms with Crippen molar-refractivity contribution >= 4 is 51.6 Å². The molecule has 0 spiro atoms. The molecule has 7 rings (SSSR count). The Hall–Kier alpha value is -8.01. The molecule has 5 aromatic rings. The van der Waals surface area contributed by atoms with Crippen LogP contribution in [-0.2, 0) is 60.8 Å². The number of Topliss-reactive ketones (excluding diaryl/α,β-unsaturated/α-hetero) is 3. The minimum Gasteiger partial charge on any atom is -0.449 e. The van der Waals surface area contributed by atoms with Gasteiger partial charge in [-0.3, -0.25) is 24.2 Å². The van der Waals surface area contributed by atoms with Crippen molar-refractivity contribution in [3.8, 4) is 22.3 Å². The molecule has 2 unspecified atom stereocenters. The molecule has 1 heterocycles.